The number of nitrogens with one attached hydrogen (secondary N) is 2. The van der Waals surface area contributed by atoms with Gasteiger partial charge in [-0.05, 0) is 62.7 Å². The number of rotatable bonds is 7. The molecule has 0 bridgehead atoms. The minimum Gasteiger partial charge on any atom is -0.357 e. The number of unbranched alkanes of at least 4 members (excludes halogenated alkanes) is 1. The first-order valence-electron chi connectivity index (χ1n) is 9.38. The van der Waals surface area contributed by atoms with Crippen LogP contribution in [-0.2, 0) is 13.0 Å². The molecule has 4 N–H and O–H groups in total. The van der Waals surface area contributed by atoms with Crippen LogP contribution in [0.4, 0.5) is 0 Å². The highest BCUT2D eigenvalue weighted by molar-refractivity contribution is 5.80. The van der Waals surface area contributed by atoms with E-state index >= 15 is 0 Å². The maximum absolute atomic E-state index is 5.71. The lowest BCUT2D eigenvalue weighted by Gasteiger charge is -2.33. The van der Waals surface area contributed by atoms with Crippen molar-refractivity contribution in [2.24, 2.45) is 5.73 Å². The molecule has 0 spiro atoms. The number of benzene rings is 1. The molecular formula is C20H27N5. The Kier molecular flexibility index (Phi) is 4.85. The Morgan fingerprint density at radius 3 is 3.04 bits per heavy atom. The molecule has 1 unspecified atom stereocenters. The van der Waals surface area contributed by atoms with Gasteiger partial charge in [0.25, 0.3) is 0 Å². The molecule has 0 saturated heterocycles. The van der Waals surface area contributed by atoms with Crippen LogP contribution in [0.2, 0.25) is 0 Å². The predicted molar refractivity (Wildman–Crippen MR) is 101 cm³/mol. The Bertz CT molecular complexity index is 785. The average molecular weight is 337 g/mol. The number of aromatic nitrogens is 3. The summed E-state index contributed by atoms with van der Waals surface area (Å²) in [6, 6.07) is 11.2. The van der Waals surface area contributed by atoms with E-state index in [0.29, 0.717) is 6.04 Å². The first kappa shape index (κ1) is 16.4. The van der Waals surface area contributed by atoms with Gasteiger partial charge in [0, 0.05) is 23.4 Å². The van der Waals surface area contributed by atoms with Crippen LogP contribution < -0.4 is 5.73 Å². The van der Waals surface area contributed by atoms with Gasteiger partial charge in [0.1, 0.15) is 0 Å². The first-order chi connectivity index (χ1) is 12.3. The summed E-state index contributed by atoms with van der Waals surface area (Å²) in [6.45, 7) is 2.75. The summed E-state index contributed by atoms with van der Waals surface area (Å²) in [7, 11) is 0. The maximum Gasteiger partial charge on any atom is 0.0925 e. The number of aryl methyl sites for hydroxylation is 1. The van der Waals surface area contributed by atoms with Crippen molar-refractivity contribution in [2.45, 2.75) is 44.7 Å². The zero-order chi connectivity index (χ0) is 17.1. The molecule has 0 fully saturated rings. The van der Waals surface area contributed by atoms with Crippen LogP contribution in [0.15, 0.2) is 36.7 Å². The number of aromatic amines is 2. The minimum absolute atomic E-state index is 0.402. The lowest BCUT2D eigenvalue weighted by Crippen LogP contribution is -2.32. The molecule has 0 saturated carbocycles. The van der Waals surface area contributed by atoms with Gasteiger partial charge in [-0.25, -0.2) is 4.98 Å². The molecule has 1 aliphatic carbocycles. The maximum atomic E-state index is 5.71. The number of fused-ring (bicyclic) bond motifs is 2. The smallest absolute Gasteiger partial charge is 0.0925 e. The predicted octanol–water partition coefficient (Wildman–Crippen LogP) is 3.51. The summed E-state index contributed by atoms with van der Waals surface area (Å²) in [5.74, 6) is 0. The highest BCUT2D eigenvalue weighted by Gasteiger charge is 2.28. The number of hydrogen-bond donors (Lipinski definition) is 3. The summed E-state index contributed by atoms with van der Waals surface area (Å²) in [5, 5.41) is 1.28. The number of imidazole rings is 1. The highest BCUT2D eigenvalue weighted by atomic mass is 15.2. The third-order valence-electron chi connectivity index (χ3n) is 5.27. The zero-order valence-electron chi connectivity index (χ0n) is 14.7. The first-order valence-corrected chi connectivity index (χ1v) is 9.38. The van der Waals surface area contributed by atoms with Gasteiger partial charge in [-0.3, -0.25) is 4.90 Å². The molecular weight excluding hydrogens is 310 g/mol. The van der Waals surface area contributed by atoms with E-state index in [9.17, 15) is 0 Å². The van der Waals surface area contributed by atoms with Gasteiger partial charge < -0.3 is 15.7 Å². The third kappa shape index (κ3) is 3.48. The molecule has 4 rings (SSSR count). The summed E-state index contributed by atoms with van der Waals surface area (Å²) < 4.78 is 0. The second-order valence-electron chi connectivity index (χ2n) is 7.02. The van der Waals surface area contributed by atoms with E-state index in [2.05, 4.69) is 50.2 Å². The molecule has 1 aliphatic rings. The van der Waals surface area contributed by atoms with Crippen molar-refractivity contribution in [1.82, 2.24) is 19.9 Å². The van der Waals surface area contributed by atoms with Crippen molar-refractivity contribution in [3.05, 3.63) is 53.7 Å². The van der Waals surface area contributed by atoms with Gasteiger partial charge in [0.15, 0.2) is 0 Å². The van der Waals surface area contributed by atoms with Crippen molar-refractivity contribution in [1.29, 1.82) is 0 Å². The van der Waals surface area contributed by atoms with E-state index in [1.807, 2.05) is 6.33 Å². The van der Waals surface area contributed by atoms with Crippen molar-refractivity contribution < 1.29 is 0 Å². The van der Waals surface area contributed by atoms with Crippen LogP contribution in [0.1, 0.15) is 48.8 Å². The van der Waals surface area contributed by atoms with Crippen molar-refractivity contribution in [2.75, 3.05) is 13.1 Å². The Morgan fingerprint density at radius 1 is 1.24 bits per heavy atom. The molecule has 1 atom stereocenters. The molecule has 5 heteroatoms. The summed E-state index contributed by atoms with van der Waals surface area (Å²) in [4.78, 5) is 14.1. The topological polar surface area (TPSA) is 73.7 Å². The zero-order valence-corrected chi connectivity index (χ0v) is 14.7. The standard InChI is InChI=1S/C20H27N5/c21-10-3-4-11-25(19-9-5-8-18-20(19)23-14-22-18)13-16-12-15-6-1-2-7-17(15)24-16/h1-2,6-7,12,14,19,24H,3-5,8-11,13,21H2,(H,22,23). The quantitative estimate of drug-likeness (QED) is 0.578. The second-order valence-corrected chi connectivity index (χ2v) is 7.02. The van der Waals surface area contributed by atoms with Crippen molar-refractivity contribution in [3.8, 4) is 0 Å². The highest BCUT2D eigenvalue weighted by Crippen LogP contribution is 2.33. The van der Waals surface area contributed by atoms with Crippen LogP contribution in [-0.4, -0.2) is 32.9 Å². The second kappa shape index (κ2) is 7.42. The van der Waals surface area contributed by atoms with Gasteiger partial charge in [0.05, 0.1) is 18.1 Å². The fourth-order valence-electron chi connectivity index (χ4n) is 4.03. The number of nitrogens with two attached hydrogens (primary N) is 1. The van der Waals surface area contributed by atoms with Gasteiger partial charge >= 0.3 is 0 Å². The van der Waals surface area contributed by atoms with Crippen LogP contribution in [0.5, 0.6) is 0 Å². The Hall–Kier alpha value is -2.11. The SMILES string of the molecule is NCCCCN(Cc1cc2ccccc2[nH]1)C1CCCc2[nH]cnc21. The van der Waals surface area contributed by atoms with Crippen molar-refractivity contribution in [3.63, 3.8) is 0 Å². The third-order valence-corrected chi connectivity index (χ3v) is 5.27. The molecule has 132 valence electrons. The van der Waals surface area contributed by atoms with Crippen LogP contribution >= 0.6 is 0 Å². The molecule has 2 aromatic heterocycles. The number of para-hydroxylation sites is 1. The molecule has 25 heavy (non-hydrogen) atoms. The van der Waals surface area contributed by atoms with Gasteiger partial charge in [-0.2, -0.15) is 0 Å². The molecule has 0 aliphatic heterocycles. The van der Waals surface area contributed by atoms with E-state index in [-0.39, 0.29) is 0 Å². The Balaban J connectivity index is 1.58. The Labute approximate surface area is 148 Å². The van der Waals surface area contributed by atoms with E-state index in [4.69, 9.17) is 5.73 Å². The van der Waals surface area contributed by atoms with Gasteiger partial charge in [-0.15, -0.1) is 0 Å². The van der Waals surface area contributed by atoms with E-state index in [0.717, 1.165) is 38.9 Å². The van der Waals surface area contributed by atoms with Crippen LogP contribution in [0.3, 0.4) is 0 Å². The van der Waals surface area contributed by atoms with Gasteiger partial charge in [0.2, 0.25) is 0 Å². The fourth-order valence-corrected chi connectivity index (χ4v) is 4.03. The number of H-pyrrole nitrogens is 2. The van der Waals surface area contributed by atoms with Crippen molar-refractivity contribution >= 4 is 10.9 Å². The molecule has 1 aromatic carbocycles. The Morgan fingerprint density at radius 2 is 2.16 bits per heavy atom. The lowest BCUT2D eigenvalue weighted by molar-refractivity contribution is 0.162. The van der Waals surface area contributed by atoms with E-state index < -0.39 is 0 Å². The number of nitrogens with zero attached hydrogens (tertiary/aromatic N) is 2. The molecule has 5 nitrogen and oxygen atoms in total. The number of hydrogen-bond acceptors (Lipinski definition) is 3. The normalized spacial score (nSPS) is 17.3. The molecule has 0 radical (unpaired) electrons. The van der Waals surface area contributed by atoms with Gasteiger partial charge in [-0.1, -0.05) is 18.2 Å². The molecule has 2 heterocycles. The monoisotopic (exact) mass is 337 g/mol. The van der Waals surface area contributed by atoms with E-state index in [1.165, 1.54) is 40.8 Å². The van der Waals surface area contributed by atoms with E-state index in [1.54, 1.807) is 0 Å². The molecule has 3 aromatic rings. The summed E-state index contributed by atoms with van der Waals surface area (Å²) in [5.41, 5.74) is 10.8. The fraction of sp³-hybridized carbons (Fsp3) is 0.450. The van der Waals surface area contributed by atoms with Crippen LogP contribution in [0, 0.1) is 0 Å². The average Bonchev–Trinajstić information content (AvgIpc) is 3.26. The largest absolute Gasteiger partial charge is 0.357 e. The summed E-state index contributed by atoms with van der Waals surface area (Å²) >= 11 is 0. The lowest BCUT2D eigenvalue weighted by atomic mass is 9.94. The van der Waals surface area contributed by atoms with Crippen LogP contribution in [0.25, 0.3) is 10.9 Å². The summed E-state index contributed by atoms with van der Waals surface area (Å²) in [6.07, 6.45) is 7.58. The minimum atomic E-state index is 0.402. The molecule has 0 amide bonds.